The van der Waals surface area contributed by atoms with Crippen LogP contribution in [0.4, 0.5) is 4.39 Å². The molecule has 7 nitrogen and oxygen atoms in total. The van der Waals surface area contributed by atoms with E-state index in [9.17, 15) is 14.3 Å². The third-order valence-electron chi connectivity index (χ3n) is 5.57. The molecule has 0 radical (unpaired) electrons. The Morgan fingerprint density at radius 3 is 2.59 bits per heavy atom. The molecule has 1 aliphatic rings. The second-order valence-electron chi connectivity index (χ2n) is 8.51. The van der Waals surface area contributed by atoms with Crippen LogP contribution in [-0.4, -0.2) is 46.1 Å². The van der Waals surface area contributed by atoms with E-state index in [0.717, 1.165) is 42.0 Å². The molecule has 180 valence electrons. The number of benzene rings is 2. The summed E-state index contributed by atoms with van der Waals surface area (Å²) >= 11 is 0. The van der Waals surface area contributed by atoms with Gasteiger partial charge in [0, 0.05) is 37.3 Å². The number of halogens is 2. The lowest BCUT2D eigenvalue weighted by Crippen LogP contribution is -2.53. The topological polar surface area (TPSA) is 101 Å². The average molecular weight is 487 g/mol. The molecule has 1 fully saturated rings. The number of amides is 1. The van der Waals surface area contributed by atoms with Crippen LogP contribution < -0.4 is 15.8 Å². The Balaban J connectivity index is 0.00000324. The van der Waals surface area contributed by atoms with E-state index in [1.807, 2.05) is 24.3 Å². The van der Waals surface area contributed by atoms with Gasteiger partial charge in [-0.1, -0.05) is 18.2 Å². The summed E-state index contributed by atoms with van der Waals surface area (Å²) in [5, 5.41) is 14.0. The van der Waals surface area contributed by atoms with Crippen molar-refractivity contribution >= 4 is 18.3 Å². The molecule has 1 aromatic heterocycles. The van der Waals surface area contributed by atoms with Gasteiger partial charge in [-0.2, -0.15) is 0 Å². The lowest BCUT2D eigenvalue weighted by Gasteiger charge is -2.36. The number of nitrogens with zero attached hydrogens (tertiary/aromatic N) is 2. The minimum absolute atomic E-state index is 0. The number of phenolic OH excluding ortho intramolecular Hbond substituents is 1. The van der Waals surface area contributed by atoms with Crippen LogP contribution in [0.15, 0.2) is 54.7 Å². The number of aromatic nitrogens is 1. The summed E-state index contributed by atoms with van der Waals surface area (Å²) in [6.45, 7) is 6.77. The fraction of sp³-hybridized carbons (Fsp3) is 0.280. The lowest BCUT2D eigenvalue weighted by atomic mass is 10.0. The van der Waals surface area contributed by atoms with Gasteiger partial charge in [-0.05, 0) is 55.3 Å². The fourth-order valence-electron chi connectivity index (χ4n) is 4.24. The number of rotatable bonds is 6. The Bertz CT molecular complexity index is 1170. The zero-order valence-electron chi connectivity index (χ0n) is 19.0. The van der Waals surface area contributed by atoms with Crippen molar-refractivity contribution < 1.29 is 19.0 Å². The van der Waals surface area contributed by atoms with Crippen LogP contribution in [0.5, 0.6) is 17.4 Å². The number of nitrogens with one attached hydrogen (secondary N) is 1. The first-order chi connectivity index (χ1) is 15.8. The van der Waals surface area contributed by atoms with Crippen molar-refractivity contribution in [2.45, 2.75) is 32.5 Å². The zero-order chi connectivity index (χ0) is 23.5. The molecule has 9 heteroatoms. The molecule has 0 saturated carbocycles. The highest BCUT2D eigenvalue weighted by atomic mass is 35.5. The van der Waals surface area contributed by atoms with Crippen molar-refractivity contribution in [2.75, 3.05) is 13.1 Å². The van der Waals surface area contributed by atoms with Crippen LogP contribution in [-0.2, 0) is 6.54 Å². The number of primary amides is 1. The number of nitrogens with two attached hydrogens (primary N) is 1. The van der Waals surface area contributed by atoms with Crippen molar-refractivity contribution in [1.29, 1.82) is 0 Å². The van der Waals surface area contributed by atoms with E-state index in [4.69, 9.17) is 10.5 Å². The van der Waals surface area contributed by atoms with E-state index in [0.29, 0.717) is 24.4 Å². The molecule has 2 aromatic carbocycles. The van der Waals surface area contributed by atoms with E-state index in [1.54, 1.807) is 18.2 Å². The Morgan fingerprint density at radius 1 is 1.18 bits per heavy atom. The summed E-state index contributed by atoms with van der Waals surface area (Å²) in [6, 6.07) is 14.5. The van der Waals surface area contributed by atoms with E-state index in [1.165, 1.54) is 0 Å². The maximum absolute atomic E-state index is 13.5. The van der Waals surface area contributed by atoms with Gasteiger partial charge in [-0.3, -0.25) is 9.69 Å². The minimum Gasteiger partial charge on any atom is -0.508 e. The summed E-state index contributed by atoms with van der Waals surface area (Å²) in [5.41, 5.74) is 7.81. The van der Waals surface area contributed by atoms with Crippen LogP contribution in [0.2, 0.25) is 0 Å². The molecule has 0 bridgehead atoms. The third kappa shape index (κ3) is 6.02. The number of aromatic hydroxyl groups is 1. The summed E-state index contributed by atoms with van der Waals surface area (Å²) in [7, 11) is 0. The lowest BCUT2D eigenvalue weighted by molar-refractivity contribution is 0.0997. The summed E-state index contributed by atoms with van der Waals surface area (Å²) in [5.74, 6) is -0.878. The monoisotopic (exact) mass is 486 g/mol. The maximum Gasteiger partial charge on any atom is 0.254 e. The third-order valence-corrected chi connectivity index (χ3v) is 5.57. The molecule has 3 aromatic rings. The van der Waals surface area contributed by atoms with Crippen molar-refractivity contribution in [3.63, 3.8) is 0 Å². The van der Waals surface area contributed by atoms with Gasteiger partial charge in [0.25, 0.3) is 5.91 Å². The molecular formula is C25H28ClFN4O3. The van der Waals surface area contributed by atoms with E-state index >= 15 is 0 Å². The molecule has 0 spiro atoms. The van der Waals surface area contributed by atoms with Gasteiger partial charge in [0.2, 0.25) is 5.88 Å². The normalized spacial score (nSPS) is 18.2. The molecule has 2 heterocycles. The maximum atomic E-state index is 13.5. The van der Waals surface area contributed by atoms with E-state index in [-0.39, 0.29) is 29.6 Å². The predicted octanol–water partition coefficient (Wildman–Crippen LogP) is 4.09. The van der Waals surface area contributed by atoms with Gasteiger partial charge in [-0.25, -0.2) is 9.37 Å². The number of phenols is 1. The Hall–Kier alpha value is -3.20. The second kappa shape index (κ2) is 10.8. The second-order valence-corrected chi connectivity index (χ2v) is 8.51. The Labute approximate surface area is 204 Å². The number of piperazine rings is 1. The molecule has 34 heavy (non-hydrogen) atoms. The SMILES string of the molecule is C[C@@H]1CN(Cc2cc(-c3cccc(Oc4ncc(F)cc4C(N)=O)c3)ccc2O)C[C@H](C)N1.Cl. The molecule has 4 N–H and O–H groups in total. The molecule has 4 rings (SSSR count). The molecule has 0 aliphatic carbocycles. The van der Waals surface area contributed by atoms with Gasteiger partial charge < -0.3 is 20.9 Å². The molecule has 0 unspecified atom stereocenters. The molecule has 1 amide bonds. The van der Waals surface area contributed by atoms with E-state index in [2.05, 4.69) is 29.0 Å². The summed E-state index contributed by atoms with van der Waals surface area (Å²) in [4.78, 5) is 17.8. The molecule has 1 saturated heterocycles. The van der Waals surface area contributed by atoms with Crippen molar-refractivity contribution in [3.05, 3.63) is 71.7 Å². The molecule has 1 aliphatic heterocycles. The van der Waals surface area contributed by atoms with Crippen molar-refractivity contribution in [2.24, 2.45) is 5.73 Å². The van der Waals surface area contributed by atoms with Crippen LogP contribution in [0.25, 0.3) is 11.1 Å². The summed E-state index contributed by atoms with van der Waals surface area (Å²) in [6.07, 6.45) is 0.968. The Morgan fingerprint density at radius 2 is 1.88 bits per heavy atom. The van der Waals surface area contributed by atoms with Crippen molar-refractivity contribution in [1.82, 2.24) is 15.2 Å². The van der Waals surface area contributed by atoms with Crippen LogP contribution in [0, 0.1) is 5.82 Å². The van der Waals surface area contributed by atoms with Crippen LogP contribution in [0.1, 0.15) is 29.8 Å². The molecule has 2 atom stereocenters. The Kier molecular flexibility index (Phi) is 8.09. The van der Waals surface area contributed by atoms with Gasteiger partial charge in [0.1, 0.15) is 22.9 Å². The number of hydrogen-bond acceptors (Lipinski definition) is 6. The first-order valence-electron chi connectivity index (χ1n) is 10.8. The van der Waals surface area contributed by atoms with Crippen molar-refractivity contribution in [3.8, 4) is 28.5 Å². The number of carbonyl (C=O) groups excluding carboxylic acids is 1. The van der Waals surface area contributed by atoms with Gasteiger partial charge in [0.15, 0.2) is 0 Å². The quantitative estimate of drug-likeness (QED) is 0.485. The van der Waals surface area contributed by atoms with Crippen LogP contribution >= 0.6 is 12.4 Å². The van der Waals surface area contributed by atoms with Gasteiger partial charge >= 0.3 is 0 Å². The smallest absolute Gasteiger partial charge is 0.254 e. The number of pyridine rings is 1. The zero-order valence-corrected chi connectivity index (χ0v) is 19.8. The number of carbonyl (C=O) groups is 1. The number of hydrogen-bond donors (Lipinski definition) is 3. The standard InChI is InChI=1S/C25H27FN4O3.ClH/c1-15-12-30(13-16(2)29-15)14-19-8-18(6-7-23(19)31)17-4-3-5-21(9-17)33-25-22(24(27)32)10-20(26)11-28-25;/h3-11,15-16,29,31H,12-14H2,1-2H3,(H2,27,32);1H/t15-,16+;. The molecular weight excluding hydrogens is 459 g/mol. The van der Waals surface area contributed by atoms with Crippen LogP contribution in [0.3, 0.4) is 0 Å². The summed E-state index contributed by atoms with van der Waals surface area (Å²) < 4.78 is 19.2. The first-order valence-corrected chi connectivity index (χ1v) is 10.8. The highest BCUT2D eigenvalue weighted by Gasteiger charge is 2.22. The highest BCUT2D eigenvalue weighted by molar-refractivity contribution is 5.95. The first kappa shape index (κ1) is 25.4. The largest absolute Gasteiger partial charge is 0.508 e. The highest BCUT2D eigenvalue weighted by Crippen LogP contribution is 2.31. The predicted molar refractivity (Wildman–Crippen MR) is 131 cm³/mol. The van der Waals surface area contributed by atoms with E-state index < -0.39 is 11.7 Å². The van der Waals surface area contributed by atoms with Gasteiger partial charge in [0.05, 0.1) is 6.20 Å². The number of ether oxygens (including phenoxy) is 1. The van der Waals surface area contributed by atoms with Gasteiger partial charge in [-0.15, -0.1) is 12.4 Å². The fourth-order valence-corrected chi connectivity index (χ4v) is 4.24. The average Bonchev–Trinajstić information content (AvgIpc) is 2.76. The minimum atomic E-state index is -0.826.